The van der Waals surface area contributed by atoms with Crippen LogP contribution >= 0.6 is 15.9 Å². The maximum Gasteiger partial charge on any atom is 0.332 e. The van der Waals surface area contributed by atoms with Crippen molar-refractivity contribution < 1.29 is 9.53 Å². The molecule has 2 atom stereocenters. The van der Waals surface area contributed by atoms with Gasteiger partial charge in [-0.1, -0.05) is 19.1 Å². The van der Waals surface area contributed by atoms with E-state index in [0.29, 0.717) is 6.61 Å². The van der Waals surface area contributed by atoms with Crippen molar-refractivity contribution in [1.82, 2.24) is 5.32 Å². The predicted molar refractivity (Wildman–Crippen MR) is 88.4 cm³/mol. The first-order valence-electron chi connectivity index (χ1n) is 7.54. The van der Waals surface area contributed by atoms with Crippen molar-refractivity contribution in [2.75, 3.05) is 25.0 Å². The first-order valence-corrected chi connectivity index (χ1v) is 8.34. The zero-order valence-corrected chi connectivity index (χ0v) is 14.2. The van der Waals surface area contributed by atoms with Crippen molar-refractivity contribution in [3.8, 4) is 0 Å². The molecule has 0 bridgehead atoms. The maximum atomic E-state index is 12.7. The molecule has 1 aromatic rings. The van der Waals surface area contributed by atoms with Crippen LogP contribution in [0.3, 0.4) is 0 Å². The normalized spacial score (nSPS) is 25.4. The average molecular weight is 355 g/mol. The zero-order valence-electron chi connectivity index (χ0n) is 12.6. The molecule has 21 heavy (non-hydrogen) atoms. The summed E-state index contributed by atoms with van der Waals surface area (Å²) in [4.78, 5) is 12.7. The third-order valence-electron chi connectivity index (χ3n) is 4.15. The predicted octanol–water partition coefficient (Wildman–Crippen LogP) is 3.18. The fraction of sp³-hybridized carbons (Fsp3) is 0.562. The Labute approximate surface area is 134 Å². The highest BCUT2D eigenvalue weighted by Gasteiger charge is 2.47. The Morgan fingerprint density at radius 1 is 1.48 bits per heavy atom. The molecule has 1 aliphatic rings. The van der Waals surface area contributed by atoms with Gasteiger partial charge >= 0.3 is 5.97 Å². The minimum Gasteiger partial charge on any atom is -0.464 e. The first kappa shape index (κ1) is 16.3. The van der Waals surface area contributed by atoms with Gasteiger partial charge in [0.15, 0.2) is 0 Å². The molecule has 0 saturated carbocycles. The molecule has 2 N–H and O–H groups in total. The SMILES string of the molecule is CCOC(=O)C1(Nc2ccccc2Br)CCNCC1CC. The molecular formula is C16H23BrN2O2. The molecule has 1 heterocycles. The largest absolute Gasteiger partial charge is 0.464 e. The van der Waals surface area contributed by atoms with E-state index in [0.717, 1.165) is 36.1 Å². The molecule has 1 fully saturated rings. The molecule has 5 heteroatoms. The molecule has 1 aliphatic heterocycles. The fourth-order valence-electron chi connectivity index (χ4n) is 2.98. The number of hydrogen-bond acceptors (Lipinski definition) is 4. The van der Waals surface area contributed by atoms with Gasteiger partial charge in [0.1, 0.15) is 5.54 Å². The average Bonchev–Trinajstić information content (AvgIpc) is 2.50. The van der Waals surface area contributed by atoms with E-state index in [4.69, 9.17) is 4.74 Å². The lowest BCUT2D eigenvalue weighted by molar-refractivity contribution is -0.151. The van der Waals surface area contributed by atoms with Gasteiger partial charge in [-0.15, -0.1) is 0 Å². The van der Waals surface area contributed by atoms with E-state index in [1.165, 1.54) is 0 Å². The van der Waals surface area contributed by atoms with E-state index in [9.17, 15) is 4.79 Å². The monoisotopic (exact) mass is 354 g/mol. The standard InChI is InChI=1S/C16H23BrN2O2/c1-3-12-11-18-10-9-16(12,15(20)21-4-2)19-14-8-6-5-7-13(14)17/h5-8,12,18-19H,3-4,9-11H2,1-2H3. The second-order valence-corrected chi connectivity index (χ2v) is 6.21. The molecule has 0 radical (unpaired) electrons. The van der Waals surface area contributed by atoms with Crippen LogP contribution in [0.2, 0.25) is 0 Å². The Hall–Kier alpha value is -1.07. The Balaban J connectivity index is 2.35. The number of rotatable bonds is 5. The highest BCUT2D eigenvalue weighted by atomic mass is 79.9. The summed E-state index contributed by atoms with van der Waals surface area (Å²) in [5.74, 6) is 0.0616. The van der Waals surface area contributed by atoms with Crippen LogP contribution in [0.25, 0.3) is 0 Å². The van der Waals surface area contributed by atoms with Crippen molar-refractivity contribution >= 4 is 27.6 Å². The molecular weight excluding hydrogens is 332 g/mol. The number of nitrogens with one attached hydrogen (secondary N) is 2. The number of ether oxygens (including phenoxy) is 1. The number of carbonyl (C=O) groups excluding carboxylic acids is 1. The summed E-state index contributed by atoms with van der Waals surface area (Å²) in [5.41, 5.74) is 0.283. The van der Waals surface area contributed by atoms with Crippen LogP contribution in [0.5, 0.6) is 0 Å². The van der Waals surface area contributed by atoms with Crippen LogP contribution in [0.15, 0.2) is 28.7 Å². The highest BCUT2D eigenvalue weighted by molar-refractivity contribution is 9.10. The lowest BCUT2D eigenvalue weighted by Crippen LogP contribution is -2.60. The van der Waals surface area contributed by atoms with E-state index >= 15 is 0 Å². The summed E-state index contributed by atoms with van der Waals surface area (Å²) in [5, 5.41) is 6.87. The Kier molecular flexibility index (Phi) is 5.65. The van der Waals surface area contributed by atoms with Crippen molar-refractivity contribution in [1.29, 1.82) is 0 Å². The molecule has 4 nitrogen and oxygen atoms in total. The minimum absolute atomic E-state index is 0.144. The van der Waals surface area contributed by atoms with Gasteiger partial charge in [0.25, 0.3) is 0 Å². The summed E-state index contributed by atoms with van der Waals surface area (Å²) in [6.45, 7) is 6.01. The first-order chi connectivity index (χ1) is 10.1. The Bertz CT molecular complexity index is 495. The lowest BCUT2D eigenvalue weighted by atomic mass is 9.76. The van der Waals surface area contributed by atoms with Gasteiger partial charge < -0.3 is 15.4 Å². The van der Waals surface area contributed by atoms with Crippen LogP contribution in [0.4, 0.5) is 5.69 Å². The molecule has 1 saturated heterocycles. The van der Waals surface area contributed by atoms with Crippen molar-refractivity contribution in [2.24, 2.45) is 5.92 Å². The molecule has 116 valence electrons. The number of piperidine rings is 1. The second kappa shape index (κ2) is 7.27. The third kappa shape index (κ3) is 3.40. The summed E-state index contributed by atoms with van der Waals surface area (Å²) in [7, 11) is 0. The van der Waals surface area contributed by atoms with Crippen LogP contribution in [-0.2, 0) is 9.53 Å². The Morgan fingerprint density at radius 3 is 2.90 bits per heavy atom. The molecule has 2 unspecified atom stereocenters. The maximum absolute atomic E-state index is 12.7. The number of para-hydroxylation sites is 1. The summed E-state index contributed by atoms with van der Waals surface area (Å²) in [6.07, 6.45) is 1.65. The highest BCUT2D eigenvalue weighted by Crippen LogP contribution is 2.35. The van der Waals surface area contributed by atoms with Crippen LogP contribution in [0.1, 0.15) is 26.7 Å². The number of esters is 1. The lowest BCUT2D eigenvalue weighted by Gasteiger charge is -2.43. The van der Waals surface area contributed by atoms with Gasteiger partial charge in [0, 0.05) is 22.6 Å². The van der Waals surface area contributed by atoms with Crippen LogP contribution in [0, 0.1) is 5.92 Å². The Morgan fingerprint density at radius 2 is 2.24 bits per heavy atom. The molecule has 0 amide bonds. The molecule has 0 spiro atoms. The topological polar surface area (TPSA) is 50.4 Å². The van der Waals surface area contributed by atoms with Gasteiger partial charge in [-0.3, -0.25) is 0 Å². The van der Waals surface area contributed by atoms with Crippen molar-refractivity contribution in [3.63, 3.8) is 0 Å². The number of hydrogen-bond donors (Lipinski definition) is 2. The molecule has 1 aromatic carbocycles. The van der Waals surface area contributed by atoms with Gasteiger partial charge in [-0.05, 0) is 54.4 Å². The minimum atomic E-state index is -0.653. The van der Waals surface area contributed by atoms with E-state index in [1.807, 2.05) is 31.2 Å². The summed E-state index contributed by atoms with van der Waals surface area (Å²) >= 11 is 3.55. The van der Waals surface area contributed by atoms with Gasteiger partial charge in [-0.2, -0.15) is 0 Å². The van der Waals surface area contributed by atoms with Crippen molar-refractivity contribution in [3.05, 3.63) is 28.7 Å². The zero-order chi connectivity index (χ0) is 15.3. The van der Waals surface area contributed by atoms with Crippen LogP contribution in [-0.4, -0.2) is 31.2 Å². The summed E-state index contributed by atoms with van der Waals surface area (Å²) in [6, 6.07) is 7.89. The van der Waals surface area contributed by atoms with E-state index < -0.39 is 5.54 Å². The second-order valence-electron chi connectivity index (χ2n) is 5.36. The number of carbonyl (C=O) groups is 1. The van der Waals surface area contributed by atoms with Gasteiger partial charge in [-0.25, -0.2) is 4.79 Å². The van der Waals surface area contributed by atoms with Crippen molar-refractivity contribution in [2.45, 2.75) is 32.2 Å². The van der Waals surface area contributed by atoms with Crippen LogP contribution < -0.4 is 10.6 Å². The quantitative estimate of drug-likeness (QED) is 0.797. The molecule has 2 rings (SSSR count). The van der Waals surface area contributed by atoms with Gasteiger partial charge in [0.05, 0.1) is 6.61 Å². The summed E-state index contributed by atoms with van der Waals surface area (Å²) < 4.78 is 6.34. The number of anilines is 1. The van der Waals surface area contributed by atoms with Gasteiger partial charge in [0.2, 0.25) is 0 Å². The van der Waals surface area contributed by atoms with E-state index in [-0.39, 0.29) is 11.9 Å². The third-order valence-corrected chi connectivity index (χ3v) is 4.84. The van der Waals surface area contributed by atoms with E-state index in [1.54, 1.807) is 0 Å². The molecule has 0 aromatic heterocycles. The number of halogens is 1. The number of benzene rings is 1. The van der Waals surface area contributed by atoms with E-state index in [2.05, 4.69) is 33.5 Å². The molecule has 0 aliphatic carbocycles. The smallest absolute Gasteiger partial charge is 0.332 e. The fourth-order valence-corrected chi connectivity index (χ4v) is 3.36.